The number of aromatic nitrogens is 2. The Hall–Kier alpha value is -3.20. The Morgan fingerprint density at radius 1 is 0.885 bits per heavy atom. The zero-order chi connectivity index (χ0) is 17.6. The molecule has 0 amide bonds. The SMILES string of the molecule is Cc1ccc2c3ccccc3n3c4cc(F)cc5cc[n+](C)c(c1c23)c54. The molecule has 0 fully saturated rings. The molecule has 3 aromatic heterocycles. The van der Waals surface area contributed by atoms with Gasteiger partial charge in [0.1, 0.15) is 12.9 Å². The van der Waals surface area contributed by atoms with Gasteiger partial charge >= 0.3 is 0 Å². The van der Waals surface area contributed by atoms with E-state index in [1.54, 1.807) is 12.1 Å². The number of halogens is 1. The van der Waals surface area contributed by atoms with Gasteiger partial charge in [0.15, 0.2) is 6.20 Å². The fourth-order valence-electron chi connectivity index (χ4n) is 4.63. The number of rotatable bonds is 0. The van der Waals surface area contributed by atoms with Crippen molar-refractivity contribution in [2.24, 2.45) is 7.05 Å². The van der Waals surface area contributed by atoms with Gasteiger partial charge in [-0.3, -0.25) is 0 Å². The Balaban J connectivity index is 2.17. The van der Waals surface area contributed by atoms with E-state index in [0.29, 0.717) is 0 Å². The number of fused-ring (bicyclic) bond motifs is 5. The summed E-state index contributed by atoms with van der Waals surface area (Å²) in [7, 11) is 2.07. The molecule has 0 atom stereocenters. The van der Waals surface area contributed by atoms with Crippen molar-refractivity contribution < 1.29 is 8.96 Å². The van der Waals surface area contributed by atoms with Gasteiger partial charge < -0.3 is 4.40 Å². The summed E-state index contributed by atoms with van der Waals surface area (Å²) in [5, 5.41) is 5.71. The molecule has 0 radical (unpaired) electrons. The predicted octanol–water partition coefficient (Wildman–Crippen LogP) is 5.26. The van der Waals surface area contributed by atoms with Crippen LogP contribution in [0.4, 0.5) is 4.39 Å². The molecule has 3 heterocycles. The Morgan fingerprint density at radius 2 is 1.73 bits per heavy atom. The first-order chi connectivity index (χ1) is 12.6. The van der Waals surface area contributed by atoms with Gasteiger partial charge in [0.25, 0.3) is 0 Å². The highest BCUT2D eigenvalue weighted by Gasteiger charge is 2.23. The van der Waals surface area contributed by atoms with Crippen molar-refractivity contribution in [1.29, 1.82) is 0 Å². The Kier molecular flexibility index (Phi) is 2.42. The first kappa shape index (κ1) is 14.0. The van der Waals surface area contributed by atoms with Crippen LogP contribution in [-0.4, -0.2) is 4.40 Å². The second kappa shape index (κ2) is 4.50. The topological polar surface area (TPSA) is 8.29 Å². The number of aryl methyl sites for hydroxylation is 2. The van der Waals surface area contributed by atoms with Crippen LogP contribution >= 0.6 is 0 Å². The fraction of sp³-hybridized carbons (Fsp3) is 0.0870. The maximum atomic E-state index is 14.5. The van der Waals surface area contributed by atoms with Crippen LogP contribution in [0.2, 0.25) is 0 Å². The largest absolute Gasteiger partial charge is 0.307 e. The molecule has 0 spiro atoms. The van der Waals surface area contributed by atoms with Crippen molar-refractivity contribution in [2.75, 3.05) is 0 Å². The van der Waals surface area contributed by atoms with Gasteiger partial charge in [0.2, 0.25) is 5.52 Å². The summed E-state index contributed by atoms with van der Waals surface area (Å²) in [5.74, 6) is -0.200. The Morgan fingerprint density at radius 3 is 2.62 bits per heavy atom. The van der Waals surface area contributed by atoms with E-state index in [9.17, 15) is 4.39 Å². The maximum Gasteiger partial charge on any atom is 0.224 e. The molecule has 0 bridgehead atoms. The molecule has 3 heteroatoms. The van der Waals surface area contributed by atoms with Gasteiger partial charge in [-0.05, 0) is 36.1 Å². The fourth-order valence-corrected chi connectivity index (χ4v) is 4.63. The lowest BCUT2D eigenvalue weighted by atomic mass is 10.00. The van der Waals surface area contributed by atoms with Gasteiger partial charge in [-0.2, -0.15) is 0 Å². The smallest absolute Gasteiger partial charge is 0.224 e. The summed E-state index contributed by atoms with van der Waals surface area (Å²) < 4.78 is 18.9. The van der Waals surface area contributed by atoms with E-state index in [0.717, 1.165) is 27.3 Å². The molecular weight excluding hydrogens is 323 g/mol. The van der Waals surface area contributed by atoms with Crippen LogP contribution in [0.3, 0.4) is 0 Å². The number of benzene rings is 3. The highest BCUT2D eigenvalue weighted by Crippen LogP contribution is 2.40. The van der Waals surface area contributed by atoms with Gasteiger partial charge in [-0.25, -0.2) is 8.96 Å². The quantitative estimate of drug-likeness (QED) is 0.203. The van der Waals surface area contributed by atoms with Crippen molar-refractivity contribution >= 4 is 49.0 Å². The summed E-state index contributed by atoms with van der Waals surface area (Å²) in [6, 6.07) is 18.1. The molecule has 0 aliphatic carbocycles. The van der Waals surface area contributed by atoms with Crippen LogP contribution in [0, 0.1) is 12.7 Å². The average molecular weight is 339 g/mol. The van der Waals surface area contributed by atoms with Crippen LogP contribution in [0.5, 0.6) is 0 Å². The standard InChI is InChI=1S/C23H16FN2/c1-13-7-8-17-16-5-3-4-6-18(16)26-19-12-15(24)11-14-9-10-25(2)23(21(14)19)20(13)22(17)26/h3-12H,1-2H3/q+1. The lowest BCUT2D eigenvalue weighted by Crippen LogP contribution is -2.28. The number of nitrogens with zero attached hydrogens (tertiary/aromatic N) is 2. The second-order valence-electron chi connectivity index (χ2n) is 7.17. The first-order valence-electron chi connectivity index (χ1n) is 8.80. The van der Waals surface area contributed by atoms with Gasteiger partial charge in [0.05, 0.1) is 27.3 Å². The maximum absolute atomic E-state index is 14.5. The zero-order valence-corrected chi connectivity index (χ0v) is 14.5. The Labute approximate surface area is 149 Å². The van der Waals surface area contributed by atoms with E-state index in [1.165, 1.54) is 27.2 Å². The van der Waals surface area contributed by atoms with Crippen LogP contribution in [0.1, 0.15) is 5.56 Å². The minimum Gasteiger partial charge on any atom is -0.307 e. The van der Waals surface area contributed by atoms with E-state index in [-0.39, 0.29) is 5.82 Å². The summed E-state index contributed by atoms with van der Waals surface area (Å²) >= 11 is 0. The summed E-state index contributed by atoms with van der Waals surface area (Å²) in [6.45, 7) is 2.16. The molecule has 6 aromatic rings. The summed E-state index contributed by atoms with van der Waals surface area (Å²) in [5.41, 5.74) is 5.62. The van der Waals surface area contributed by atoms with Crippen LogP contribution in [0.15, 0.2) is 60.8 Å². The minimum atomic E-state index is -0.200. The van der Waals surface area contributed by atoms with Crippen LogP contribution in [0.25, 0.3) is 49.0 Å². The number of para-hydroxylation sites is 1. The molecule has 6 rings (SSSR count). The molecule has 26 heavy (non-hydrogen) atoms. The van der Waals surface area contributed by atoms with Gasteiger partial charge in [-0.15, -0.1) is 0 Å². The molecule has 0 unspecified atom stereocenters. The molecular formula is C23H16FN2+. The van der Waals surface area contributed by atoms with E-state index in [4.69, 9.17) is 0 Å². The first-order valence-corrected chi connectivity index (χ1v) is 8.80. The van der Waals surface area contributed by atoms with E-state index < -0.39 is 0 Å². The van der Waals surface area contributed by atoms with E-state index in [2.05, 4.69) is 53.3 Å². The van der Waals surface area contributed by atoms with Crippen molar-refractivity contribution in [1.82, 2.24) is 4.40 Å². The lowest BCUT2D eigenvalue weighted by Gasteiger charge is -2.12. The number of hydrogen-bond acceptors (Lipinski definition) is 0. The molecule has 0 aliphatic rings. The zero-order valence-electron chi connectivity index (χ0n) is 14.5. The number of hydrogen-bond donors (Lipinski definition) is 0. The average Bonchev–Trinajstić information content (AvgIpc) is 2.97. The minimum absolute atomic E-state index is 0.200. The van der Waals surface area contributed by atoms with Crippen molar-refractivity contribution in [2.45, 2.75) is 6.92 Å². The molecule has 2 nitrogen and oxygen atoms in total. The Bertz CT molecular complexity index is 1510. The van der Waals surface area contributed by atoms with Crippen molar-refractivity contribution in [3.8, 4) is 0 Å². The third-order valence-electron chi connectivity index (χ3n) is 5.70. The van der Waals surface area contributed by atoms with E-state index in [1.807, 2.05) is 18.3 Å². The van der Waals surface area contributed by atoms with Gasteiger partial charge in [-0.1, -0.05) is 30.3 Å². The predicted molar refractivity (Wildman–Crippen MR) is 104 cm³/mol. The third-order valence-corrected chi connectivity index (χ3v) is 5.70. The van der Waals surface area contributed by atoms with Crippen LogP contribution < -0.4 is 4.57 Å². The molecule has 0 saturated heterocycles. The summed E-state index contributed by atoms with van der Waals surface area (Å²) in [6.07, 6.45) is 2.03. The molecule has 0 aliphatic heterocycles. The third kappa shape index (κ3) is 1.50. The highest BCUT2D eigenvalue weighted by molar-refractivity contribution is 6.25. The molecule has 3 aromatic carbocycles. The normalized spacial score (nSPS) is 12.4. The van der Waals surface area contributed by atoms with Crippen LogP contribution in [-0.2, 0) is 7.05 Å². The lowest BCUT2D eigenvalue weighted by molar-refractivity contribution is -0.643. The second-order valence-corrected chi connectivity index (χ2v) is 7.17. The van der Waals surface area contributed by atoms with Crippen molar-refractivity contribution in [3.63, 3.8) is 0 Å². The summed E-state index contributed by atoms with van der Waals surface area (Å²) in [4.78, 5) is 0. The van der Waals surface area contributed by atoms with Gasteiger partial charge in [0, 0.05) is 16.8 Å². The molecule has 0 N–H and O–H groups in total. The molecule has 124 valence electrons. The number of pyridine rings is 2. The molecule has 0 saturated carbocycles. The van der Waals surface area contributed by atoms with Crippen molar-refractivity contribution in [3.05, 3.63) is 72.2 Å². The van der Waals surface area contributed by atoms with E-state index >= 15 is 0 Å². The monoisotopic (exact) mass is 339 g/mol. The highest BCUT2D eigenvalue weighted by atomic mass is 19.1.